The molecule has 0 aromatic heterocycles. The van der Waals surface area contributed by atoms with Gasteiger partial charge < -0.3 is 15.4 Å². The number of ether oxygens (including phenoxy) is 1. The molecule has 1 aromatic rings. The molecule has 1 rings (SSSR count). The smallest absolute Gasteiger partial charge is 0.122 e. The number of anilines is 1. The summed E-state index contributed by atoms with van der Waals surface area (Å²) in [6, 6.07) is 6.40. The van der Waals surface area contributed by atoms with Crippen molar-refractivity contribution in [1.82, 2.24) is 0 Å². The standard InChI is InChI=1S/C16H28N2O/c1-6-13-11-14(7-8-15(13)19-5)18(4)12-16(2,3)9-10-17/h7-8,11H,6,9-10,12,17H2,1-5H3. The summed E-state index contributed by atoms with van der Waals surface area (Å²) in [6.07, 6.45) is 2.02. The van der Waals surface area contributed by atoms with Crippen molar-refractivity contribution in [2.24, 2.45) is 11.1 Å². The summed E-state index contributed by atoms with van der Waals surface area (Å²) in [5.74, 6) is 0.973. The molecule has 0 aliphatic carbocycles. The van der Waals surface area contributed by atoms with E-state index in [2.05, 4.69) is 50.9 Å². The molecule has 1 aromatic carbocycles. The van der Waals surface area contributed by atoms with Crippen molar-refractivity contribution in [2.45, 2.75) is 33.6 Å². The molecule has 0 spiro atoms. The van der Waals surface area contributed by atoms with Crippen LogP contribution in [0.15, 0.2) is 18.2 Å². The molecule has 0 saturated carbocycles. The van der Waals surface area contributed by atoms with Crippen LogP contribution in [0.4, 0.5) is 5.69 Å². The highest BCUT2D eigenvalue weighted by Gasteiger charge is 2.19. The SMILES string of the molecule is CCc1cc(N(C)CC(C)(C)CCN)ccc1OC. The van der Waals surface area contributed by atoms with Crippen molar-refractivity contribution in [1.29, 1.82) is 0 Å². The third-order valence-corrected chi connectivity index (χ3v) is 3.57. The van der Waals surface area contributed by atoms with Gasteiger partial charge in [-0.3, -0.25) is 0 Å². The van der Waals surface area contributed by atoms with Gasteiger partial charge in [-0.2, -0.15) is 0 Å². The Labute approximate surface area is 117 Å². The molecule has 0 aliphatic rings. The van der Waals surface area contributed by atoms with E-state index in [9.17, 15) is 0 Å². The van der Waals surface area contributed by atoms with Gasteiger partial charge in [-0.05, 0) is 48.6 Å². The Balaban J connectivity index is 2.85. The normalized spacial score (nSPS) is 11.5. The average Bonchev–Trinajstić information content (AvgIpc) is 2.37. The zero-order valence-electron chi connectivity index (χ0n) is 13.0. The molecule has 0 bridgehead atoms. The predicted octanol–water partition coefficient (Wildman–Crippen LogP) is 3.07. The summed E-state index contributed by atoms with van der Waals surface area (Å²) in [5.41, 5.74) is 8.40. The van der Waals surface area contributed by atoms with Gasteiger partial charge in [-0.1, -0.05) is 20.8 Å². The van der Waals surface area contributed by atoms with Gasteiger partial charge in [0.25, 0.3) is 0 Å². The molecule has 3 nitrogen and oxygen atoms in total. The Morgan fingerprint density at radius 1 is 1.32 bits per heavy atom. The monoisotopic (exact) mass is 264 g/mol. The van der Waals surface area contributed by atoms with Crippen LogP contribution in [0.1, 0.15) is 32.8 Å². The lowest BCUT2D eigenvalue weighted by molar-refractivity contribution is 0.347. The molecule has 2 N–H and O–H groups in total. The van der Waals surface area contributed by atoms with E-state index in [4.69, 9.17) is 10.5 Å². The predicted molar refractivity (Wildman–Crippen MR) is 83.1 cm³/mol. The molecule has 0 aliphatic heterocycles. The molecule has 0 radical (unpaired) electrons. The Kier molecular flexibility index (Phi) is 5.67. The molecule has 0 amide bonds. The molecule has 3 heteroatoms. The molecule has 0 unspecified atom stereocenters. The third kappa shape index (κ3) is 4.43. The summed E-state index contributed by atoms with van der Waals surface area (Å²) in [7, 11) is 3.86. The topological polar surface area (TPSA) is 38.5 Å². The van der Waals surface area contributed by atoms with E-state index < -0.39 is 0 Å². The summed E-state index contributed by atoms with van der Waals surface area (Å²) in [5, 5.41) is 0. The van der Waals surface area contributed by atoms with Crippen LogP contribution in [0.3, 0.4) is 0 Å². The van der Waals surface area contributed by atoms with E-state index >= 15 is 0 Å². The minimum absolute atomic E-state index is 0.232. The van der Waals surface area contributed by atoms with Crippen LogP contribution in [-0.4, -0.2) is 27.2 Å². The summed E-state index contributed by atoms with van der Waals surface area (Å²) in [6.45, 7) is 8.42. The van der Waals surface area contributed by atoms with Crippen molar-refractivity contribution in [3.8, 4) is 5.75 Å². The largest absolute Gasteiger partial charge is 0.496 e. The zero-order valence-corrected chi connectivity index (χ0v) is 13.0. The van der Waals surface area contributed by atoms with Crippen LogP contribution < -0.4 is 15.4 Å². The molecular weight excluding hydrogens is 236 g/mol. The van der Waals surface area contributed by atoms with Crippen molar-refractivity contribution in [2.75, 3.05) is 32.1 Å². The van der Waals surface area contributed by atoms with Crippen molar-refractivity contribution in [3.05, 3.63) is 23.8 Å². The van der Waals surface area contributed by atoms with Crippen LogP contribution in [-0.2, 0) is 6.42 Å². The Bertz CT molecular complexity index is 402. The maximum atomic E-state index is 5.68. The minimum Gasteiger partial charge on any atom is -0.496 e. The van der Waals surface area contributed by atoms with Crippen LogP contribution in [0.2, 0.25) is 0 Å². The lowest BCUT2D eigenvalue weighted by Gasteiger charge is -2.31. The zero-order chi connectivity index (χ0) is 14.5. The Hall–Kier alpha value is -1.22. The van der Waals surface area contributed by atoms with Crippen LogP contribution >= 0.6 is 0 Å². The van der Waals surface area contributed by atoms with E-state index in [0.29, 0.717) is 0 Å². The highest BCUT2D eigenvalue weighted by atomic mass is 16.5. The number of hydrogen-bond donors (Lipinski definition) is 1. The number of aryl methyl sites for hydroxylation is 1. The second-order valence-corrected chi connectivity index (χ2v) is 5.91. The van der Waals surface area contributed by atoms with Gasteiger partial charge in [0.2, 0.25) is 0 Å². The highest BCUT2D eigenvalue weighted by Crippen LogP contribution is 2.28. The molecule has 19 heavy (non-hydrogen) atoms. The Morgan fingerprint density at radius 2 is 2.00 bits per heavy atom. The maximum absolute atomic E-state index is 5.68. The van der Waals surface area contributed by atoms with Crippen molar-refractivity contribution in [3.63, 3.8) is 0 Å². The second-order valence-electron chi connectivity index (χ2n) is 5.91. The first kappa shape index (κ1) is 15.8. The molecule has 0 heterocycles. The maximum Gasteiger partial charge on any atom is 0.122 e. The number of nitrogens with two attached hydrogens (primary N) is 1. The average molecular weight is 264 g/mol. The number of hydrogen-bond acceptors (Lipinski definition) is 3. The fourth-order valence-corrected chi connectivity index (χ4v) is 2.48. The first-order chi connectivity index (χ1) is 8.93. The van der Waals surface area contributed by atoms with Crippen LogP contribution in [0, 0.1) is 5.41 Å². The lowest BCUT2D eigenvalue weighted by Crippen LogP contribution is -2.33. The number of nitrogens with zero attached hydrogens (tertiary/aromatic N) is 1. The number of methoxy groups -OCH3 is 1. The number of benzene rings is 1. The lowest BCUT2D eigenvalue weighted by atomic mass is 9.88. The highest BCUT2D eigenvalue weighted by molar-refractivity contribution is 5.53. The van der Waals surface area contributed by atoms with E-state index in [0.717, 1.165) is 31.7 Å². The molecule has 0 atom stereocenters. The fraction of sp³-hybridized carbons (Fsp3) is 0.625. The van der Waals surface area contributed by atoms with Crippen LogP contribution in [0.5, 0.6) is 5.75 Å². The molecular formula is C16H28N2O. The van der Waals surface area contributed by atoms with Gasteiger partial charge in [-0.25, -0.2) is 0 Å². The fourth-order valence-electron chi connectivity index (χ4n) is 2.48. The molecule has 108 valence electrons. The summed E-state index contributed by atoms with van der Waals surface area (Å²) in [4.78, 5) is 2.30. The van der Waals surface area contributed by atoms with E-state index in [1.165, 1.54) is 11.3 Å². The second kappa shape index (κ2) is 6.80. The van der Waals surface area contributed by atoms with Gasteiger partial charge in [-0.15, -0.1) is 0 Å². The van der Waals surface area contributed by atoms with Gasteiger partial charge in [0.05, 0.1) is 7.11 Å². The quantitative estimate of drug-likeness (QED) is 0.822. The van der Waals surface area contributed by atoms with E-state index in [-0.39, 0.29) is 5.41 Å². The van der Waals surface area contributed by atoms with Gasteiger partial charge >= 0.3 is 0 Å². The van der Waals surface area contributed by atoms with Gasteiger partial charge in [0, 0.05) is 19.3 Å². The first-order valence-electron chi connectivity index (χ1n) is 7.01. The van der Waals surface area contributed by atoms with Gasteiger partial charge in [0.15, 0.2) is 0 Å². The molecule has 0 saturated heterocycles. The Morgan fingerprint density at radius 3 is 2.53 bits per heavy atom. The van der Waals surface area contributed by atoms with E-state index in [1.54, 1.807) is 7.11 Å². The summed E-state index contributed by atoms with van der Waals surface area (Å²) >= 11 is 0. The third-order valence-electron chi connectivity index (χ3n) is 3.57. The van der Waals surface area contributed by atoms with Gasteiger partial charge in [0.1, 0.15) is 5.75 Å². The summed E-state index contributed by atoms with van der Waals surface area (Å²) < 4.78 is 5.38. The first-order valence-corrected chi connectivity index (χ1v) is 7.01. The number of rotatable bonds is 7. The van der Waals surface area contributed by atoms with Crippen molar-refractivity contribution >= 4 is 5.69 Å². The van der Waals surface area contributed by atoms with Crippen LogP contribution in [0.25, 0.3) is 0 Å². The minimum atomic E-state index is 0.232. The van der Waals surface area contributed by atoms with Crippen molar-refractivity contribution < 1.29 is 4.74 Å². The van der Waals surface area contributed by atoms with E-state index in [1.807, 2.05) is 0 Å². The molecule has 0 fully saturated rings.